The second-order valence-corrected chi connectivity index (χ2v) is 4.97. The number of rotatable bonds is 2. The van der Waals surface area contributed by atoms with Gasteiger partial charge in [0.1, 0.15) is 0 Å². The highest BCUT2D eigenvalue weighted by atomic mass is 35.5. The van der Waals surface area contributed by atoms with Crippen LogP contribution in [0, 0.1) is 6.92 Å². The Morgan fingerprint density at radius 2 is 2.06 bits per heavy atom. The van der Waals surface area contributed by atoms with Gasteiger partial charge in [-0.15, -0.1) is 0 Å². The van der Waals surface area contributed by atoms with Crippen LogP contribution >= 0.6 is 11.6 Å². The van der Waals surface area contributed by atoms with Crippen LogP contribution in [0.1, 0.15) is 31.2 Å². The van der Waals surface area contributed by atoms with Gasteiger partial charge < -0.3 is 10.4 Å². The van der Waals surface area contributed by atoms with Gasteiger partial charge in [-0.3, -0.25) is 0 Å². The number of aliphatic hydroxyl groups excluding tert-OH is 1. The zero-order chi connectivity index (χ0) is 11.5. The monoisotopic (exact) mass is 239 g/mol. The van der Waals surface area contributed by atoms with Gasteiger partial charge in [-0.05, 0) is 37.5 Å². The predicted octanol–water partition coefficient (Wildman–Crippen LogP) is 3.36. The fraction of sp³-hybridized carbons (Fsp3) is 0.538. The first-order valence-corrected chi connectivity index (χ1v) is 6.25. The lowest BCUT2D eigenvalue weighted by molar-refractivity contribution is 0.116. The molecule has 1 fully saturated rings. The zero-order valence-corrected chi connectivity index (χ0v) is 10.3. The van der Waals surface area contributed by atoms with Gasteiger partial charge in [-0.1, -0.05) is 30.5 Å². The number of anilines is 1. The van der Waals surface area contributed by atoms with E-state index in [4.69, 9.17) is 11.6 Å². The summed E-state index contributed by atoms with van der Waals surface area (Å²) >= 11 is 6.07. The Morgan fingerprint density at radius 1 is 1.31 bits per heavy atom. The van der Waals surface area contributed by atoms with E-state index >= 15 is 0 Å². The highest BCUT2D eigenvalue weighted by molar-refractivity contribution is 6.31. The van der Waals surface area contributed by atoms with E-state index in [-0.39, 0.29) is 12.1 Å². The molecule has 16 heavy (non-hydrogen) atoms. The van der Waals surface area contributed by atoms with Gasteiger partial charge in [0.2, 0.25) is 0 Å². The van der Waals surface area contributed by atoms with Gasteiger partial charge in [-0.25, -0.2) is 0 Å². The Kier molecular flexibility index (Phi) is 3.72. The van der Waals surface area contributed by atoms with Crippen molar-refractivity contribution in [2.24, 2.45) is 0 Å². The van der Waals surface area contributed by atoms with Gasteiger partial charge >= 0.3 is 0 Å². The molecule has 0 unspecified atom stereocenters. The standard InChI is InChI=1S/C13H18ClNO/c1-9-6-7-10(8-11(9)14)15-12-4-2-3-5-13(12)16/h6-8,12-13,15-16H,2-5H2,1H3/t12-,13-/m0/s1. The summed E-state index contributed by atoms with van der Waals surface area (Å²) in [6.07, 6.45) is 4.03. The summed E-state index contributed by atoms with van der Waals surface area (Å²) < 4.78 is 0. The minimum absolute atomic E-state index is 0.174. The van der Waals surface area contributed by atoms with Crippen LogP contribution in [-0.2, 0) is 0 Å². The van der Waals surface area contributed by atoms with Crippen molar-refractivity contribution in [1.29, 1.82) is 0 Å². The van der Waals surface area contributed by atoms with E-state index in [0.717, 1.165) is 35.5 Å². The van der Waals surface area contributed by atoms with Crippen molar-refractivity contribution in [2.45, 2.75) is 44.8 Å². The number of halogens is 1. The van der Waals surface area contributed by atoms with Crippen molar-refractivity contribution < 1.29 is 5.11 Å². The fourth-order valence-corrected chi connectivity index (χ4v) is 2.36. The molecule has 88 valence electrons. The molecule has 0 spiro atoms. The van der Waals surface area contributed by atoms with E-state index in [2.05, 4.69) is 5.32 Å². The third-order valence-corrected chi connectivity index (χ3v) is 3.66. The van der Waals surface area contributed by atoms with Gasteiger partial charge in [0.25, 0.3) is 0 Å². The van der Waals surface area contributed by atoms with E-state index in [1.165, 1.54) is 6.42 Å². The van der Waals surface area contributed by atoms with Crippen molar-refractivity contribution in [1.82, 2.24) is 0 Å². The van der Waals surface area contributed by atoms with Crippen molar-refractivity contribution in [3.8, 4) is 0 Å². The normalized spacial score (nSPS) is 25.4. The van der Waals surface area contributed by atoms with Gasteiger partial charge in [0, 0.05) is 10.7 Å². The molecular weight excluding hydrogens is 222 g/mol. The lowest BCUT2D eigenvalue weighted by Crippen LogP contribution is -2.36. The predicted molar refractivity (Wildman–Crippen MR) is 68.1 cm³/mol. The summed E-state index contributed by atoms with van der Waals surface area (Å²) in [5.41, 5.74) is 2.08. The molecule has 2 atom stereocenters. The van der Waals surface area contributed by atoms with Crippen LogP contribution in [0.5, 0.6) is 0 Å². The number of hydrogen-bond donors (Lipinski definition) is 2. The molecule has 3 heteroatoms. The Morgan fingerprint density at radius 3 is 2.75 bits per heavy atom. The highest BCUT2D eigenvalue weighted by Gasteiger charge is 2.22. The van der Waals surface area contributed by atoms with Gasteiger partial charge in [0.05, 0.1) is 12.1 Å². The molecule has 0 aromatic heterocycles. The molecule has 0 heterocycles. The maximum absolute atomic E-state index is 9.86. The summed E-state index contributed by atoms with van der Waals surface area (Å²) in [6, 6.07) is 6.12. The zero-order valence-electron chi connectivity index (χ0n) is 9.54. The van der Waals surface area contributed by atoms with E-state index in [1.54, 1.807) is 0 Å². The summed E-state index contributed by atoms with van der Waals surface area (Å²) in [5, 5.41) is 14.0. The van der Waals surface area contributed by atoms with Crippen LogP contribution in [0.2, 0.25) is 5.02 Å². The molecule has 1 aliphatic carbocycles. The van der Waals surface area contributed by atoms with Crippen LogP contribution in [0.3, 0.4) is 0 Å². The molecule has 2 nitrogen and oxygen atoms in total. The maximum atomic E-state index is 9.86. The second kappa shape index (κ2) is 5.07. The lowest BCUT2D eigenvalue weighted by atomic mass is 9.92. The second-order valence-electron chi connectivity index (χ2n) is 4.57. The molecule has 0 amide bonds. The van der Waals surface area contributed by atoms with Crippen molar-refractivity contribution in [3.63, 3.8) is 0 Å². The third-order valence-electron chi connectivity index (χ3n) is 3.25. The Bertz CT molecular complexity index is 367. The van der Waals surface area contributed by atoms with Gasteiger partial charge in [-0.2, -0.15) is 0 Å². The first-order chi connectivity index (χ1) is 7.66. The van der Waals surface area contributed by atoms with Crippen LogP contribution in [0.25, 0.3) is 0 Å². The summed E-state index contributed by atoms with van der Waals surface area (Å²) in [5.74, 6) is 0. The molecule has 1 saturated carbocycles. The molecule has 1 aromatic rings. The molecule has 0 radical (unpaired) electrons. The number of hydrogen-bond acceptors (Lipinski definition) is 2. The van der Waals surface area contributed by atoms with Crippen LogP contribution in [-0.4, -0.2) is 17.3 Å². The molecule has 1 aromatic carbocycles. The first-order valence-electron chi connectivity index (χ1n) is 5.87. The van der Waals surface area contributed by atoms with Gasteiger partial charge in [0.15, 0.2) is 0 Å². The topological polar surface area (TPSA) is 32.3 Å². The molecule has 0 saturated heterocycles. The number of aryl methyl sites for hydroxylation is 1. The molecule has 2 N–H and O–H groups in total. The number of aliphatic hydroxyl groups is 1. The van der Waals surface area contributed by atoms with Crippen molar-refractivity contribution in [3.05, 3.63) is 28.8 Å². The average molecular weight is 240 g/mol. The molecule has 0 bridgehead atoms. The lowest BCUT2D eigenvalue weighted by Gasteiger charge is -2.29. The summed E-state index contributed by atoms with van der Waals surface area (Å²) in [7, 11) is 0. The van der Waals surface area contributed by atoms with Crippen molar-refractivity contribution in [2.75, 3.05) is 5.32 Å². The highest BCUT2D eigenvalue weighted by Crippen LogP contribution is 2.25. The van der Waals surface area contributed by atoms with E-state index in [1.807, 2.05) is 25.1 Å². The molecule has 0 aliphatic heterocycles. The third kappa shape index (κ3) is 2.69. The fourth-order valence-electron chi connectivity index (χ4n) is 2.18. The van der Waals surface area contributed by atoms with E-state index in [0.29, 0.717) is 0 Å². The SMILES string of the molecule is Cc1ccc(N[C@H]2CCCC[C@@H]2O)cc1Cl. The summed E-state index contributed by atoms with van der Waals surface area (Å²) in [4.78, 5) is 0. The quantitative estimate of drug-likeness (QED) is 0.830. The Balaban J connectivity index is 2.05. The minimum Gasteiger partial charge on any atom is -0.391 e. The van der Waals surface area contributed by atoms with Crippen LogP contribution in [0.4, 0.5) is 5.69 Å². The largest absolute Gasteiger partial charge is 0.391 e. The van der Waals surface area contributed by atoms with Crippen LogP contribution < -0.4 is 5.32 Å². The minimum atomic E-state index is -0.228. The maximum Gasteiger partial charge on any atom is 0.0741 e. The number of benzene rings is 1. The molecule has 2 rings (SSSR count). The molecule has 1 aliphatic rings. The van der Waals surface area contributed by atoms with E-state index < -0.39 is 0 Å². The number of nitrogens with one attached hydrogen (secondary N) is 1. The molecular formula is C13H18ClNO. The Labute approximate surface area is 102 Å². The summed E-state index contributed by atoms with van der Waals surface area (Å²) in [6.45, 7) is 1.99. The first kappa shape index (κ1) is 11.7. The smallest absolute Gasteiger partial charge is 0.0741 e. The van der Waals surface area contributed by atoms with Crippen molar-refractivity contribution >= 4 is 17.3 Å². The Hall–Kier alpha value is -0.730. The van der Waals surface area contributed by atoms with Crippen LogP contribution in [0.15, 0.2) is 18.2 Å². The van der Waals surface area contributed by atoms with E-state index in [9.17, 15) is 5.11 Å². The average Bonchev–Trinajstić information content (AvgIpc) is 2.27.